The largest absolute Gasteiger partial charge is 0.421 e. The monoisotopic (exact) mass is 392 g/mol. The van der Waals surface area contributed by atoms with E-state index in [0.717, 1.165) is 7.11 Å². The molecule has 3 aromatic rings. The van der Waals surface area contributed by atoms with Crippen molar-refractivity contribution < 1.29 is 23.0 Å². The Balaban J connectivity index is 2.15. The Bertz CT molecular complexity index is 1000. The number of ether oxygens (including phenoxy) is 1. The average molecular weight is 392 g/mol. The molecule has 2 atom stereocenters. The number of H-pyrrole nitrogens is 1. The van der Waals surface area contributed by atoms with E-state index in [-0.39, 0.29) is 11.1 Å². The lowest BCUT2D eigenvalue weighted by atomic mass is 9.87. The van der Waals surface area contributed by atoms with E-state index >= 15 is 0 Å². The number of methoxy groups -OCH3 is 1. The van der Waals surface area contributed by atoms with Gasteiger partial charge in [0, 0.05) is 24.2 Å². The van der Waals surface area contributed by atoms with Gasteiger partial charge in [0.1, 0.15) is 0 Å². The summed E-state index contributed by atoms with van der Waals surface area (Å²) in [5.41, 5.74) is -2.47. The maximum Gasteiger partial charge on any atom is 0.421 e. The number of aliphatic hydroxyl groups is 1. The molecule has 3 rings (SSSR count). The molecule has 5 nitrogen and oxygen atoms in total. The Labute approximate surface area is 158 Å². The predicted molar refractivity (Wildman–Crippen MR) is 100 cm³/mol. The first-order valence-electron chi connectivity index (χ1n) is 8.48. The summed E-state index contributed by atoms with van der Waals surface area (Å²) in [6.07, 6.45) is -4.96. The number of fused-ring (bicyclic) bond motifs is 1. The molecule has 0 aliphatic heterocycles. The van der Waals surface area contributed by atoms with Crippen molar-refractivity contribution in [2.45, 2.75) is 17.8 Å². The summed E-state index contributed by atoms with van der Waals surface area (Å²) in [5, 5.41) is 14.0. The van der Waals surface area contributed by atoms with E-state index in [1.54, 1.807) is 36.4 Å². The van der Waals surface area contributed by atoms with Crippen LogP contribution in [0.4, 0.5) is 18.9 Å². The summed E-state index contributed by atoms with van der Waals surface area (Å²) < 4.78 is 46.4. The van der Waals surface area contributed by atoms with Crippen molar-refractivity contribution in [3.05, 3.63) is 76.6 Å². The van der Waals surface area contributed by atoms with Crippen LogP contribution in [0.3, 0.4) is 0 Å². The van der Waals surface area contributed by atoms with Crippen LogP contribution in [0.2, 0.25) is 0 Å². The SMILES string of the molecule is COC[C@@](O)([C@@H](Nc1cccc2[nH]c(=O)ccc12)c1ccccc1)C(F)(F)F. The van der Waals surface area contributed by atoms with E-state index in [0.29, 0.717) is 16.6 Å². The predicted octanol–water partition coefficient (Wildman–Crippen LogP) is 3.62. The number of anilines is 1. The molecule has 3 N–H and O–H groups in total. The van der Waals surface area contributed by atoms with E-state index in [1.807, 2.05) is 0 Å². The zero-order valence-electron chi connectivity index (χ0n) is 15.0. The number of alkyl halides is 3. The van der Waals surface area contributed by atoms with Gasteiger partial charge in [-0.3, -0.25) is 4.79 Å². The molecule has 2 aromatic carbocycles. The van der Waals surface area contributed by atoms with Crippen molar-refractivity contribution in [1.29, 1.82) is 0 Å². The summed E-state index contributed by atoms with van der Waals surface area (Å²) >= 11 is 0. The number of rotatable bonds is 6. The van der Waals surface area contributed by atoms with Crippen LogP contribution < -0.4 is 10.9 Å². The third kappa shape index (κ3) is 3.74. The van der Waals surface area contributed by atoms with Gasteiger partial charge in [0.05, 0.1) is 18.2 Å². The molecule has 1 heterocycles. The van der Waals surface area contributed by atoms with Crippen LogP contribution in [0.25, 0.3) is 10.9 Å². The third-order valence-electron chi connectivity index (χ3n) is 4.53. The molecule has 0 fully saturated rings. The fourth-order valence-electron chi connectivity index (χ4n) is 3.14. The fourth-order valence-corrected chi connectivity index (χ4v) is 3.14. The smallest absolute Gasteiger partial charge is 0.381 e. The van der Waals surface area contributed by atoms with Crippen molar-refractivity contribution in [1.82, 2.24) is 4.98 Å². The first kappa shape index (κ1) is 19.9. The Morgan fingerprint density at radius 3 is 2.43 bits per heavy atom. The molecule has 0 unspecified atom stereocenters. The molecule has 0 aliphatic rings. The molecule has 8 heteroatoms. The number of aromatic nitrogens is 1. The topological polar surface area (TPSA) is 74.3 Å². The number of pyridine rings is 1. The number of hydrogen-bond acceptors (Lipinski definition) is 4. The number of aromatic amines is 1. The maximum absolute atomic E-state index is 13.9. The van der Waals surface area contributed by atoms with E-state index in [2.05, 4.69) is 10.3 Å². The first-order chi connectivity index (χ1) is 13.3. The molecular weight excluding hydrogens is 373 g/mol. The van der Waals surface area contributed by atoms with Gasteiger partial charge in [0.15, 0.2) is 0 Å². The van der Waals surface area contributed by atoms with Gasteiger partial charge in [0.25, 0.3) is 0 Å². The van der Waals surface area contributed by atoms with Crippen molar-refractivity contribution in [3.8, 4) is 0 Å². The van der Waals surface area contributed by atoms with Crippen LogP contribution in [-0.4, -0.2) is 35.6 Å². The molecule has 28 heavy (non-hydrogen) atoms. The van der Waals surface area contributed by atoms with Crippen molar-refractivity contribution in [2.75, 3.05) is 19.0 Å². The lowest BCUT2D eigenvalue weighted by Crippen LogP contribution is -2.55. The fraction of sp³-hybridized carbons (Fsp3) is 0.250. The van der Waals surface area contributed by atoms with Crippen LogP contribution in [0.1, 0.15) is 11.6 Å². The maximum atomic E-state index is 13.9. The van der Waals surface area contributed by atoms with Gasteiger partial charge >= 0.3 is 6.18 Å². The second-order valence-corrected chi connectivity index (χ2v) is 6.43. The molecular formula is C20H19F3N2O3. The Hall–Kier alpha value is -2.84. The second kappa shape index (κ2) is 7.65. The molecule has 0 spiro atoms. The average Bonchev–Trinajstić information content (AvgIpc) is 2.65. The van der Waals surface area contributed by atoms with Crippen LogP contribution in [0, 0.1) is 0 Å². The first-order valence-corrected chi connectivity index (χ1v) is 8.48. The van der Waals surface area contributed by atoms with Crippen LogP contribution >= 0.6 is 0 Å². The minimum atomic E-state index is -4.96. The zero-order chi connectivity index (χ0) is 20.4. The number of benzene rings is 2. The standard InChI is InChI=1S/C20H19F3N2O3/c1-28-12-19(27,20(21,22)23)18(13-6-3-2-4-7-13)25-16-9-5-8-15-14(16)10-11-17(26)24-15/h2-11,18,25,27H,12H2,1H3,(H,24,26)/t18-,19+/m0/s1. The van der Waals surface area contributed by atoms with E-state index in [9.17, 15) is 23.1 Å². The van der Waals surface area contributed by atoms with Gasteiger partial charge in [-0.05, 0) is 23.8 Å². The van der Waals surface area contributed by atoms with E-state index in [1.165, 1.54) is 24.3 Å². The van der Waals surface area contributed by atoms with Crippen molar-refractivity contribution in [3.63, 3.8) is 0 Å². The Morgan fingerprint density at radius 1 is 1.07 bits per heavy atom. The summed E-state index contributed by atoms with van der Waals surface area (Å²) in [4.78, 5) is 14.2. The highest BCUT2D eigenvalue weighted by atomic mass is 19.4. The van der Waals surface area contributed by atoms with Gasteiger partial charge in [-0.25, -0.2) is 0 Å². The summed E-state index contributed by atoms with van der Waals surface area (Å²) in [5.74, 6) is 0. The van der Waals surface area contributed by atoms with Crippen molar-refractivity contribution in [2.24, 2.45) is 0 Å². The Kier molecular flexibility index (Phi) is 5.44. The normalized spacial score (nSPS) is 15.2. The van der Waals surface area contributed by atoms with Crippen LogP contribution in [0.15, 0.2) is 65.5 Å². The highest BCUT2D eigenvalue weighted by molar-refractivity contribution is 5.91. The summed E-state index contributed by atoms with van der Waals surface area (Å²) in [7, 11) is 1.10. The number of nitrogens with one attached hydrogen (secondary N) is 2. The molecule has 0 amide bonds. The van der Waals surface area contributed by atoms with Gasteiger partial charge in [-0.2, -0.15) is 13.2 Å². The lowest BCUT2D eigenvalue weighted by molar-refractivity contribution is -0.279. The minimum Gasteiger partial charge on any atom is -0.381 e. The van der Waals surface area contributed by atoms with E-state index in [4.69, 9.17) is 4.74 Å². The molecule has 148 valence electrons. The molecule has 0 radical (unpaired) electrons. The lowest BCUT2D eigenvalue weighted by Gasteiger charge is -2.38. The highest BCUT2D eigenvalue weighted by Gasteiger charge is 2.59. The Morgan fingerprint density at radius 2 is 1.79 bits per heavy atom. The number of halogens is 3. The zero-order valence-corrected chi connectivity index (χ0v) is 15.0. The summed E-state index contributed by atoms with van der Waals surface area (Å²) in [6.45, 7) is -0.954. The van der Waals surface area contributed by atoms with E-state index < -0.39 is 24.4 Å². The molecule has 0 aliphatic carbocycles. The van der Waals surface area contributed by atoms with Crippen molar-refractivity contribution >= 4 is 16.6 Å². The van der Waals surface area contributed by atoms with Crippen LogP contribution in [0.5, 0.6) is 0 Å². The molecule has 0 bridgehead atoms. The number of hydrogen-bond donors (Lipinski definition) is 3. The van der Waals surface area contributed by atoms with Gasteiger partial charge < -0.3 is 20.1 Å². The minimum absolute atomic E-state index is 0.237. The third-order valence-corrected chi connectivity index (χ3v) is 4.53. The quantitative estimate of drug-likeness (QED) is 0.599. The molecule has 1 aromatic heterocycles. The molecule has 0 saturated carbocycles. The van der Waals surface area contributed by atoms with Gasteiger partial charge in [0.2, 0.25) is 11.2 Å². The van der Waals surface area contributed by atoms with Gasteiger partial charge in [-0.15, -0.1) is 0 Å². The van der Waals surface area contributed by atoms with Gasteiger partial charge in [-0.1, -0.05) is 36.4 Å². The van der Waals surface area contributed by atoms with Crippen LogP contribution in [-0.2, 0) is 4.74 Å². The highest BCUT2D eigenvalue weighted by Crippen LogP contribution is 2.42. The second-order valence-electron chi connectivity index (χ2n) is 6.43. The summed E-state index contributed by atoms with van der Waals surface area (Å²) in [6, 6.07) is 13.9. The molecule has 0 saturated heterocycles.